The van der Waals surface area contributed by atoms with Crippen molar-refractivity contribution in [2.45, 2.75) is 5.75 Å². The van der Waals surface area contributed by atoms with Gasteiger partial charge in [-0.25, -0.2) is 12.8 Å². The molecule has 0 bridgehead atoms. The number of para-hydroxylation sites is 1. The lowest BCUT2D eigenvalue weighted by atomic mass is 10.1. The Hall–Kier alpha value is -2.87. The summed E-state index contributed by atoms with van der Waals surface area (Å²) >= 11 is 0. The fourth-order valence-electron chi connectivity index (χ4n) is 3.64. The summed E-state index contributed by atoms with van der Waals surface area (Å²) in [7, 11) is -3.34. The van der Waals surface area contributed by atoms with E-state index in [9.17, 15) is 17.6 Å². The number of hydrogen-bond donors (Lipinski definition) is 0. The summed E-state index contributed by atoms with van der Waals surface area (Å²) in [6.45, 7) is 2.12. The number of piperazine rings is 1. The van der Waals surface area contributed by atoms with Crippen molar-refractivity contribution in [2.24, 2.45) is 0 Å². The van der Waals surface area contributed by atoms with Gasteiger partial charge in [-0.3, -0.25) is 4.79 Å². The Labute approximate surface area is 168 Å². The first-order chi connectivity index (χ1) is 13.8. The van der Waals surface area contributed by atoms with Crippen LogP contribution in [0.25, 0.3) is 11.0 Å². The Morgan fingerprint density at radius 2 is 1.69 bits per heavy atom. The number of benzene rings is 2. The average Bonchev–Trinajstić information content (AvgIpc) is 3.05. The zero-order valence-electron chi connectivity index (χ0n) is 16.0. The predicted molar refractivity (Wildman–Crippen MR) is 109 cm³/mol. The molecule has 3 aromatic rings. The van der Waals surface area contributed by atoms with Gasteiger partial charge in [0.15, 0.2) is 15.6 Å². The van der Waals surface area contributed by atoms with Crippen molar-refractivity contribution in [1.82, 2.24) is 4.90 Å². The highest BCUT2D eigenvalue weighted by molar-refractivity contribution is 7.89. The fraction of sp³-hybridized carbons (Fsp3) is 0.286. The highest BCUT2D eigenvalue weighted by Gasteiger charge is 2.29. The molecule has 0 atom stereocenters. The second-order valence-corrected chi connectivity index (χ2v) is 9.37. The second kappa shape index (κ2) is 7.51. The Bertz CT molecular complexity index is 1150. The van der Waals surface area contributed by atoms with Gasteiger partial charge in [0.05, 0.1) is 5.75 Å². The molecule has 29 heavy (non-hydrogen) atoms. The average molecular weight is 416 g/mol. The number of hydrogen-bond acceptors (Lipinski definition) is 5. The number of carbonyl (C=O) groups is 1. The van der Waals surface area contributed by atoms with E-state index in [0.29, 0.717) is 42.7 Å². The molecule has 2 aromatic carbocycles. The van der Waals surface area contributed by atoms with Crippen molar-refractivity contribution >= 4 is 32.4 Å². The summed E-state index contributed by atoms with van der Waals surface area (Å²) in [6, 6.07) is 13.3. The van der Waals surface area contributed by atoms with Gasteiger partial charge in [-0.05, 0) is 30.3 Å². The van der Waals surface area contributed by atoms with Crippen LogP contribution in [-0.4, -0.2) is 51.7 Å². The highest BCUT2D eigenvalue weighted by atomic mass is 32.2. The van der Waals surface area contributed by atoms with E-state index in [2.05, 4.69) is 4.90 Å². The Morgan fingerprint density at radius 3 is 2.34 bits per heavy atom. The predicted octanol–water partition coefficient (Wildman–Crippen LogP) is 3.08. The topological polar surface area (TPSA) is 70.8 Å². The lowest BCUT2D eigenvalue weighted by Gasteiger charge is -2.35. The Morgan fingerprint density at radius 1 is 1.03 bits per heavy atom. The minimum atomic E-state index is -3.34. The quantitative estimate of drug-likeness (QED) is 0.654. The molecule has 1 aliphatic rings. The summed E-state index contributed by atoms with van der Waals surface area (Å²) in [6.07, 6.45) is 1.14. The molecular formula is C21H21FN2O4S. The molecule has 0 aliphatic carbocycles. The van der Waals surface area contributed by atoms with E-state index >= 15 is 0 Å². The number of halogens is 1. The molecule has 1 aromatic heterocycles. The third-order valence-corrected chi connectivity index (χ3v) is 5.87. The van der Waals surface area contributed by atoms with Crippen LogP contribution in [0.4, 0.5) is 10.1 Å². The first-order valence-electron chi connectivity index (χ1n) is 9.30. The molecule has 1 saturated heterocycles. The molecule has 6 nitrogen and oxygen atoms in total. The van der Waals surface area contributed by atoms with Crippen molar-refractivity contribution in [1.29, 1.82) is 0 Å². The van der Waals surface area contributed by atoms with Gasteiger partial charge in [-0.15, -0.1) is 0 Å². The summed E-state index contributed by atoms with van der Waals surface area (Å²) in [5, 5.41) is 0.645. The van der Waals surface area contributed by atoms with Crippen LogP contribution in [0.5, 0.6) is 0 Å². The number of fused-ring (bicyclic) bond motifs is 1. The van der Waals surface area contributed by atoms with Crippen molar-refractivity contribution in [2.75, 3.05) is 37.3 Å². The first-order valence-corrected chi connectivity index (χ1v) is 11.4. The molecule has 152 valence electrons. The number of amides is 1. The molecule has 0 N–H and O–H groups in total. The van der Waals surface area contributed by atoms with Gasteiger partial charge >= 0.3 is 0 Å². The van der Waals surface area contributed by atoms with E-state index in [1.807, 2.05) is 0 Å². The molecule has 0 unspecified atom stereocenters. The standard InChI is InChI=1S/C21H21FN2O4S/c1-29(26,27)14-18-17-4-2-3-5-19(17)28-20(18)21(25)24-12-10-23(11-13-24)16-8-6-15(22)7-9-16/h2-9H,10-14H2,1H3. The minimum absolute atomic E-state index is 0.0897. The zero-order chi connectivity index (χ0) is 20.6. The molecule has 4 rings (SSSR count). The summed E-state index contributed by atoms with van der Waals surface area (Å²) in [5.41, 5.74) is 1.81. The Balaban J connectivity index is 1.56. The molecule has 1 fully saturated rings. The number of furan rings is 1. The third kappa shape index (κ3) is 4.12. The summed E-state index contributed by atoms with van der Waals surface area (Å²) < 4.78 is 42.7. The monoisotopic (exact) mass is 416 g/mol. The molecule has 1 aliphatic heterocycles. The fourth-order valence-corrected chi connectivity index (χ4v) is 4.45. The molecule has 0 saturated carbocycles. The molecule has 0 spiro atoms. The van der Waals surface area contributed by atoms with Gasteiger partial charge in [-0.1, -0.05) is 18.2 Å². The van der Waals surface area contributed by atoms with Crippen molar-refractivity contribution < 1.29 is 22.0 Å². The highest BCUT2D eigenvalue weighted by Crippen LogP contribution is 2.29. The van der Waals surface area contributed by atoms with Crippen molar-refractivity contribution in [3.63, 3.8) is 0 Å². The smallest absolute Gasteiger partial charge is 0.290 e. The van der Waals surface area contributed by atoms with E-state index in [1.54, 1.807) is 41.3 Å². The van der Waals surface area contributed by atoms with Crippen LogP contribution in [0.1, 0.15) is 16.1 Å². The summed E-state index contributed by atoms with van der Waals surface area (Å²) in [4.78, 5) is 16.9. The van der Waals surface area contributed by atoms with Gasteiger partial charge in [0, 0.05) is 49.1 Å². The van der Waals surface area contributed by atoms with Crippen LogP contribution >= 0.6 is 0 Å². The normalized spacial score (nSPS) is 15.1. The third-order valence-electron chi connectivity index (χ3n) is 5.06. The molecule has 2 heterocycles. The zero-order valence-corrected chi connectivity index (χ0v) is 16.8. The number of carbonyl (C=O) groups excluding carboxylic acids is 1. The summed E-state index contributed by atoms with van der Waals surface area (Å²) in [5.74, 6) is -0.753. The molecule has 8 heteroatoms. The van der Waals surface area contributed by atoms with E-state index in [0.717, 1.165) is 11.9 Å². The second-order valence-electron chi connectivity index (χ2n) is 7.23. The van der Waals surface area contributed by atoms with Crippen LogP contribution in [0.15, 0.2) is 52.9 Å². The Kier molecular flexibility index (Phi) is 5.04. The minimum Gasteiger partial charge on any atom is -0.451 e. The SMILES string of the molecule is CS(=O)(=O)Cc1c(C(=O)N2CCN(c3ccc(F)cc3)CC2)oc2ccccc12. The largest absolute Gasteiger partial charge is 0.451 e. The van der Waals surface area contributed by atoms with E-state index in [-0.39, 0.29) is 23.2 Å². The van der Waals surface area contributed by atoms with Crippen LogP contribution in [0, 0.1) is 5.82 Å². The van der Waals surface area contributed by atoms with Crippen LogP contribution in [-0.2, 0) is 15.6 Å². The number of sulfone groups is 1. The van der Waals surface area contributed by atoms with Crippen molar-refractivity contribution in [3.8, 4) is 0 Å². The molecular weight excluding hydrogens is 395 g/mol. The van der Waals surface area contributed by atoms with E-state index in [4.69, 9.17) is 4.42 Å². The van der Waals surface area contributed by atoms with Crippen LogP contribution < -0.4 is 4.90 Å². The number of rotatable bonds is 4. The van der Waals surface area contributed by atoms with Gasteiger partial charge in [0.1, 0.15) is 11.4 Å². The number of nitrogens with zero attached hydrogens (tertiary/aromatic N) is 2. The molecule has 1 amide bonds. The lowest BCUT2D eigenvalue weighted by Crippen LogP contribution is -2.48. The molecule has 0 radical (unpaired) electrons. The van der Waals surface area contributed by atoms with Gasteiger partial charge in [0.25, 0.3) is 5.91 Å². The van der Waals surface area contributed by atoms with E-state index < -0.39 is 9.84 Å². The van der Waals surface area contributed by atoms with Crippen LogP contribution in [0.3, 0.4) is 0 Å². The van der Waals surface area contributed by atoms with Gasteiger partial charge in [-0.2, -0.15) is 0 Å². The maximum Gasteiger partial charge on any atom is 0.290 e. The van der Waals surface area contributed by atoms with Crippen LogP contribution in [0.2, 0.25) is 0 Å². The van der Waals surface area contributed by atoms with Gasteiger partial charge < -0.3 is 14.2 Å². The maximum absolute atomic E-state index is 13.1. The van der Waals surface area contributed by atoms with Gasteiger partial charge in [0.2, 0.25) is 0 Å². The number of anilines is 1. The maximum atomic E-state index is 13.1. The van der Waals surface area contributed by atoms with Crippen molar-refractivity contribution in [3.05, 3.63) is 65.7 Å². The lowest BCUT2D eigenvalue weighted by molar-refractivity contribution is 0.0716. The van der Waals surface area contributed by atoms with E-state index in [1.165, 1.54) is 12.1 Å². The first kappa shape index (κ1) is 19.4.